The fourth-order valence-electron chi connectivity index (χ4n) is 1.66. The Labute approximate surface area is 87.9 Å². The van der Waals surface area contributed by atoms with Crippen molar-refractivity contribution in [2.45, 2.75) is 13.0 Å². The van der Waals surface area contributed by atoms with Gasteiger partial charge in [-0.3, -0.25) is 0 Å². The molecule has 2 heteroatoms. The molecular weight excluding hydrogens is 196 g/mol. The van der Waals surface area contributed by atoms with Crippen molar-refractivity contribution in [3.63, 3.8) is 0 Å². The molecule has 1 N–H and O–H groups in total. The smallest absolute Gasteiger partial charge is 0.0767 e. The van der Waals surface area contributed by atoms with E-state index in [0.717, 1.165) is 21.4 Å². The van der Waals surface area contributed by atoms with E-state index in [2.05, 4.69) is 0 Å². The van der Waals surface area contributed by atoms with Crippen molar-refractivity contribution in [2.24, 2.45) is 0 Å². The molecule has 0 aliphatic rings. The van der Waals surface area contributed by atoms with Gasteiger partial charge in [0.05, 0.1) is 6.10 Å². The number of fused-ring (bicyclic) bond motifs is 1. The summed E-state index contributed by atoms with van der Waals surface area (Å²) in [5.41, 5.74) is 0.921. The van der Waals surface area contributed by atoms with E-state index in [4.69, 9.17) is 11.6 Å². The highest BCUT2D eigenvalue weighted by Gasteiger charge is 2.06. The average Bonchev–Trinajstić information content (AvgIpc) is 2.17. The van der Waals surface area contributed by atoms with Gasteiger partial charge in [0.1, 0.15) is 0 Å². The Morgan fingerprint density at radius 2 is 1.71 bits per heavy atom. The highest BCUT2D eigenvalue weighted by Crippen LogP contribution is 2.28. The molecular formula is C12H11ClO. The predicted octanol–water partition coefficient (Wildman–Crippen LogP) is 3.55. The lowest BCUT2D eigenvalue weighted by molar-refractivity contribution is 0.201. The molecule has 0 amide bonds. The Hall–Kier alpha value is -1.05. The largest absolute Gasteiger partial charge is 0.389 e. The minimum Gasteiger partial charge on any atom is -0.389 e. The summed E-state index contributed by atoms with van der Waals surface area (Å²) in [6.07, 6.45) is -0.461. The molecule has 14 heavy (non-hydrogen) atoms. The standard InChI is InChI=1S/C12H11ClO/c1-8(14)9-4-2-6-11-10(9)5-3-7-12(11)13/h2-8,14H,1H3. The molecule has 72 valence electrons. The highest BCUT2D eigenvalue weighted by atomic mass is 35.5. The molecule has 0 spiro atoms. The number of halogens is 1. The second kappa shape index (κ2) is 3.60. The molecule has 0 heterocycles. The summed E-state index contributed by atoms with van der Waals surface area (Å²) in [6, 6.07) is 11.5. The molecule has 0 saturated carbocycles. The average molecular weight is 207 g/mol. The monoisotopic (exact) mass is 206 g/mol. The van der Waals surface area contributed by atoms with Gasteiger partial charge in [-0.2, -0.15) is 0 Å². The van der Waals surface area contributed by atoms with Gasteiger partial charge in [-0.05, 0) is 23.9 Å². The fourth-order valence-corrected chi connectivity index (χ4v) is 1.90. The molecule has 0 bridgehead atoms. The van der Waals surface area contributed by atoms with Gasteiger partial charge in [-0.15, -0.1) is 0 Å². The van der Waals surface area contributed by atoms with Crippen molar-refractivity contribution in [3.8, 4) is 0 Å². The van der Waals surface area contributed by atoms with Gasteiger partial charge in [-0.1, -0.05) is 41.9 Å². The summed E-state index contributed by atoms with van der Waals surface area (Å²) >= 11 is 6.05. The van der Waals surface area contributed by atoms with Crippen LogP contribution in [0.3, 0.4) is 0 Å². The van der Waals surface area contributed by atoms with Crippen molar-refractivity contribution in [2.75, 3.05) is 0 Å². The predicted molar refractivity (Wildman–Crippen MR) is 59.6 cm³/mol. The molecule has 0 aromatic heterocycles. The van der Waals surface area contributed by atoms with Crippen LogP contribution < -0.4 is 0 Å². The molecule has 0 aliphatic carbocycles. The van der Waals surface area contributed by atoms with E-state index in [1.54, 1.807) is 6.92 Å². The number of aliphatic hydroxyl groups excluding tert-OH is 1. The fraction of sp³-hybridized carbons (Fsp3) is 0.167. The molecule has 2 aromatic carbocycles. The summed E-state index contributed by atoms with van der Waals surface area (Å²) < 4.78 is 0. The van der Waals surface area contributed by atoms with Crippen molar-refractivity contribution in [1.82, 2.24) is 0 Å². The normalized spacial score (nSPS) is 13.1. The topological polar surface area (TPSA) is 20.2 Å². The van der Waals surface area contributed by atoms with Crippen LogP contribution in [0.5, 0.6) is 0 Å². The Morgan fingerprint density at radius 3 is 2.43 bits per heavy atom. The van der Waals surface area contributed by atoms with E-state index in [1.807, 2.05) is 36.4 Å². The van der Waals surface area contributed by atoms with Gasteiger partial charge in [0.2, 0.25) is 0 Å². The second-order valence-corrected chi connectivity index (χ2v) is 3.77. The molecule has 1 nitrogen and oxygen atoms in total. The summed E-state index contributed by atoms with van der Waals surface area (Å²) in [7, 11) is 0. The van der Waals surface area contributed by atoms with Gasteiger partial charge < -0.3 is 5.11 Å². The van der Waals surface area contributed by atoms with Gasteiger partial charge in [0.15, 0.2) is 0 Å². The number of hydrogen-bond acceptors (Lipinski definition) is 1. The third-order valence-corrected chi connectivity index (χ3v) is 2.68. The van der Waals surface area contributed by atoms with Crippen LogP contribution in [-0.2, 0) is 0 Å². The highest BCUT2D eigenvalue weighted by molar-refractivity contribution is 6.35. The first-order valence-corrected chi connectivity index (χ1v) is 4.93. The number of aliphatic hydroxyl groups is 1. The van der Waals surface area contributed by atoms with E-state index >= 15 is 0 Å². The molecule has 2 aromatic rings. The van der Waals surface area contributed by atoms with Crippen LogP contribution in [0.15, 0.2) is 36.4 Å². The van der Waals surface area contributed by atoms with Gasteiger partial charge in [0, 0.05) is 10.4 Å². The van der Waals surface area contributed by atoms with Crippen molar-refractivity contribution < 1.29 is 5.11 Å². The molecule has 0 fully saturated rings. The second-order valence-electron chi connectivity index (χ2n) is 3.36. The maximum atomic E-state index is 9.57. The maximum Gasteiger partial charge on any atom is 0.0767 e. The van der Waals surface area contributed by atoms with Crippen molar-refractivity contribution in [1.29, 1.82) is 0 Å². The van der Waals surface area contributed by atoms with Crippen molar-refractivity contribution in [3.05, 3.63) is 47.0 Å². The van der Waals surface area contributed by atoms with Crippen LogP contribution in [0.2, 0.25) is 5.02 Å². The zero-order valence-corrected chi connectivity index (χ0v) is 8.62. The minimum absolute atomic E-state index is 0.461. The third kappa shape index (κ3) is 1.49. The van der Waals surface area contributed by atoms with Crippen LogP contribution in [-0.4, -0.2) is 5.11 Å². The Bertz CT molecular complexity index is 463. The first-order chi connectivity index (χ1) is 6.70. The summed E-state index contributed by atoms with van der Waals surface area (Å²) in [5.74, 6) is 0. The Balaban J connectivity index is 2.81. The number of benzene rings is 2. The third-order valence-electron chi connectivity index (χ3n) is 2.35. The van der Waals surface area contributed by atoms with Crippen LogP contribution in [0.1, 0.15) is 18.6 Å². The molecule has 0 aliphatic heterocycles. The van der Waals surface area contributed by atoms with Crippen molar-refractivity contribution >= 4 is 22.4 Å². The summed E-state index contributed by atoms with van der Waals surface area (Å²) in [5, 5.41) is 12.3. The lowest BCUT2D eigenvalue weighted by Gasteiger charge is -2.09. The SMILES string of the molecule is CC(O)c1cccc2c(Cl)cccc12. The van der Waals surface area contributed by atoms with Crippen LogP contribution in [0.25, 0.3) is 10.8 Å². The molecule has 1 unspecified atom stereocenters. The Kier molecular flexibility index (Phi) is 2.44. The zero-order valence-electron chi connectivity index (χ0n) is 7.87. The maximum absolute atomic E-state index is 9.57. The first kappa shape index (κ1) is 9.50. The van der Waals surface area contributed by atoms with Crippen LogP contribution in [0, 0.1) is 0 Å². The van der Waals surface area contributed by atoms with E-state index in [0.29, 0.717) is 0 Å². The number of hydrogen-bond donors (Lipinski definition) is 1. The van der Waals surface area contributed by atoms with E-state index < -0.39 is 6.10 Å². The van der Waals surface area contributed by atoms with Gasteiger partial charge in [0.25, 0.3) is 0 Å². The quantitative estimate of drug-likeness (QED) is 0.757. The van der Waals surface area contributed by atoms with Crippen LogP contribution in [0.4, 0.5) is 0 Å². The van der Waals surface area contributed by atoms with Crippen LogP contribution >= 0.6 is 11.6 Å². The molecule has 0 saturated heterocycles. The molecule has 0 radical (unpaired) electrons. The number of rotatable bonds is 1. The van der Waals surface area contributed by atoms with E-state index in [1.165, 1.54) is 0 Å². The lowest BCUT2D eigenvalue weighted by atomic mass is 10.0. The molecule has 1 atom stereocenters. The summed E-state index contributed by atoms with van der Waals surface area (Å²) in [4.78, 5) is 0. The van der Waals surface area contributed by atoms with Gasteiger partial charge >= 0.3 is 0 Å². The van der Waals surface area contributed by atoms with E-state index in [9.17, 15) is 5.11 Å². The minimum atomic E-state index is -0.461. The lowest BCUT2D eigenvalue weighted by Crippen LogP contribution is -1.92. The zero-order chi connectivity index (χ0) is 10.1. The van der Waals surface area contributed by atoms with Gasteiger partial charge in [-0.25, -0.2) is 0 Å². The first-order valence-electron chi connectivity index (χ1n) is 4.55. The van der Waals surface area contributed by atoms with E-state index in [-0.39, 0.29) is 0 Å². The molecule has 2 rings (SSSR count). The Morgan fingerprint density at radius 1 is 1.07 bits per heavy atom. The summed E-state index contributed by atoms with van der Waals surface area (Å²) in [6.45, 7) is 1.76.